The van der Waals surface area contributed by atoms with E-state index in [0.29, 0.717) is 41.5 Å². The van der Waals surface area contributed by atoms with Crippen LogP contribution in [-0.4, -0.2) is 36.1 Å². The van der Waals surface area contributed by atoms with Crippen molar-refractivity contribution in [2.24, 2.45) is 0 Å². The average molecular weight is 569 g/mol. The highest BCUT2D eigenvalue weighted by molar-refractivity contribution is 6.01. The third-order valence-electron chi connectivity index (χ3n) is 7.47. The molecule has 0 saturated carbocycles. The van der Waals surface area contributed by atoms with E-state index in [-0.39, 0.29) is 24.9 Å². The molecule has 1 saturated heterocycles. The Kier molecular flexibility index (Phi) is 8.01. The fourth-order valence-electron chi connectivity index (χ4n) is 5.53. The van der Waals surface area contributed by atoms with E-state index < -0.39 is 35.6 Å². The lowest BCUT2D eigenvalue weighted by molar-refractivity contribution is -0.138. The van der Waals surface area contributed by atoms with Crippen LogP contribution < -0.4 is 10.1 Å². The van der Waals surface area contributed by atoms with Gasteiger partial charge in [-0.15, -0.1) is 0 Å². The lowest BCUT2D eigenvalue weighted by Gasteiger charge is -2.37. The molecule has 0 aromatic heterocycles. The number of methoxy groups -OCH3 is 1. The number of benzene rings is 3. The van der Waals surface area contributed by atoms with Gasteiger partial charge in [-0.3, -0.25) is 0 Å². The van der Waals surface area contributed by atoms with Crippen molar-refractivity contribution < 1.29 is 36.6 Å². The van der Waals surface area contributed by atoms with Crippen LogP contribution >= 0.6 is 0 Å². The summed E-state index contributed by atoms with van der Waals surface area (Å²) in [4.78, 5) is 28.0. The monoisotopic (exact) mass is 568 g/mol. The molecular weight excluding hydrogens is 540 g/mol. The van der Waals surface area contributed by atoms with Crippen LogP contribution in [0.3, 0.4) is 0 Å². The number of esters is 1. The zero-order chi connectivity index (χ0) is 29.1. The van der Waals surface area contributed by atoms with Crippen molar-refractivity contribution in [3.05, 3.63) is 106 Å². The molecule has 214 valence electrons. The highest BCUT2D eigenvalue weighted by Crippen LogP contribution is 2.45. The number of amides is 2. The van der Waals surface area contributed by atoms with Crippen molar-refractivity contribution in [3.63, 3.8) is 0 Å². The lowest BCUT2D eigenvalue weighted by Crippen LogP contribution is -2.50. The van der Waals surface area contributed by atoms with E-state index in [2.05, 4.69) is 5.32 Å². The molecule has 0 unspecified atom stereocenters. The molecule has 0 aliphatic carbocycles. The Balaban J connectivity index is 1.40. The predicted octanol–water partition coefficient (Wildman–Crippen LogP) is 6.50. The number of halogens is 4. The van der Waals surface area contributed by atoms with Crippen molar-refractivity contribution >= 4 is 17.6 Å². The van der Waals surface area contributed by atoms with Crippen molar-refractivity contribution in [3.8, 4) is 5.75 Å². The van der Waals surface area contributed by atoms with Gasteiger partial charge in [0.15, 0.2) is 0 Å². The largest absolute Gasteiger partial charge is 0.488 e. The fourth-order valence-corrected chi connectivity index (χ4v) is 5.53. The molecule has 1 fully saturated rings. The number of fused-ring (bicyclic) bond motifs is 2. The van der Waals surface area contributed by atoms with Gasteiger partial charge < -0.3 is 19.7 Å². The van der Waals surface area contributed by atoms with Crippen LogP contribution in [-0.2, 0) is 28.9 Å². The predicted molar refractivity (Wildman–Crippen MR) is 143 cm³/mol. The number of ether oxygens (including phenoxy) is 2. The molecule has 2 aliphatic rings. The first-order valence-corrected chi connectivity index (χ1v) is 13.2. The molecule has 2 aliphatic heterocycles. The average Bonchev–Trinajstić information content (AvgIpc) is 3.28. The molecule has 2 heterocycles. The third kappa shape index (κ3) is 6.06. The second kappa shape index (κ2) is 11.6. The minimum Gasteiger partial charge on any atom is -0.488 e. The van der Waals surface area contributed by atoms with Crippen LogP contribution in [0.2, 0.25) is 0 Å². The molecule has 0 spiro atoms. The summed E-state index contributed by atoms with van der Waals surface area (Å²) in [6.45, 7) is 0.218. The van der Waals surface area contributed by atoms with E-state index in [1.54, 1.807) is 11.0 Å². The fraction of sp³-hybridized carbons (Fsp3) is 0.290. The molecular formula is C31H28F4N2O4. The number of nitrogens with one attached hydrogen (secondary N) is 1. The quantitative estimate of drug-likeness (QED) is 0.261. The van der Waals surface area contributed by atoms with Crippen molar-refractivity contribution in [2.45, 2.75) is 50.7 Å². The first-order valence-electron chi connectivity index (χ1n) is 13.2. The van der Waals surface area contributed by atoms with Gasteiger partial charge in [-0.2, -0.15) is 13.2 Å². The molecule has 2 bridgehead atoms. The topological polar surface area (TPSA) is 67.9 Å². The maximum atomic E-state index is 14.3. The standard InChI is InChI=1S/C31H28F4N2O4/c1-40-29(38)28-25(24-13-11-22(32)15-27(24)41-18-20-5-3-2-4-6-20)16-23-12-14-26(28)37(23)30(39)36-17-19-7-9-21(10-8-19)31(33,34)35/h2-11,13,15,23,26H,12,14,16-18H2,1H3,(H,36,39)/t23-,26+/m0/s1. The zero-order valence-electron chi connectivity index (χ0n) is 22.2. The van der Waals surface area contributed by atoms with E-state index in [0.717, 1.165) is 17.7 Å². The van der Waals surface area contributed by atoms with Crippen LogP contribution in [0.25, 0.3) is 5.57 Å². The summed E-state index contributed by atoms with van der Waals surface area (Å²) in [5.74, 6) is -0.797. The normalized spacial score (nSPS) is 18.3. The number of hydrogen-bond acceptors (Lipinski definition) is 4. The van der Waals surface area contributed by atoms with Crippen molar-refractivity contribution in [1.29, 1.82) is 0 Å². The van der Waals surface area contributed by atoms with Crippen LogP contribution in [0.1, 0.15) is 41.5 Å². The summed E-state index contributed by atoms with van der Waals surface area (Å²) >= 11 is 0. The minimum absolute atomic E-state index is 0.0203. The van der Waals surface area contributed by atoms with Gasteiger partial charge in [-0.25, -0.2) is 14.0 Å². The molecule has 2 amide bonds. The molecule has 5 rings (SSSR count). The van der Waals surface area contributed by atoms with Gasteiger partial charge in [0.1, 0.15) is 18.2 Å². The molecule has 3 aromatic carbocycles. The highest BCUT2D eigenvalue weighted by atomic mass is 19.4. The zero-order valence-corrected chi connectivity index (χ0v) is 22.2. The maximum Gasteiger partial charge on any atom is 0.416 e. The summed E-state index contributed by atoms with van der Waals surface area (Å²) in [7, 11) is 1.26. The number of carbonyl (C=O) groups is 2. The smallest absolute Gasteiger partial charge is 0.416 e. The van der Waals surface area contributed by atoms with E-state index in [9.17, 15) is 27.2 Å². The Hall–Kier alpha value is -4.34. The van der Waals surface area contributed by atoms with Gasteiger partial charge in [0, 0.05) is 24.2 Å². The number of carbonyl (C=O) groups excluding carboxylic acids is 2. The van der Waals surface area contributed by atoms with E-state index in [1.807, 2.05) is 30.3 Å². The third-order valence-corrected chi connectivity index (χ3v) is 7.47. The number of alkyl halides is 3. The summed E-state index contributed by atoms with van der Waals surface area (Å²) < 4.78 is 64.1. The second-order valence-electron chi connectivity index (χ2n) is 10.0. The van der Waals surface area contributed by atoms with Gasteiger partial charge >= 0.3 is 18.2 Å². The molecule has 10 heteroatoms. The number of nitrogens with zero attached hydrogens (tertiary/aromatic N) is 1. The van der Waals surface area contributed by atoms with Gasteiger partial charge in [0.25, 0.3) is 0 Å². The Morgan fingerprint density at radius 1 is 0.976 bits per heavy atom. The number of hydrogen-bond donors (Lipinski definition) is 1. The summed E-state index contributed by atoms with van der Waals surface area (Å²) in [6, 6.07) is 16.9. The Morgan fingerprint density at radius 2 is 1.71 bits per heavy atom. The summed E-state index contributed by atoms with van der Waals surface area (Å²) in [6.07, 6.45) is -2.97. The SMILES string of the molecule is COC(=O)C1=C(c2ccc(F)cc2OCc2ccccc2)C[C@@H]2CC[C@H]1N2C(=O)NCc1ccc(C(F)(F)F)cc1. The van der Waals surface area contributed by atoms with Gasteiger partial charge in [-0.1, -0.05) is 42.5 Å². The molecule has 1 N–H and O–H groups in total. The highest BCUT2D eigenvalue weighted by Gasteiger charge is 2.47. The number of rotatable bonds is 7. The minimum atomic E-state index is -4.44. The number of urea groups is 1. The first-order chi connectivity index (χ1) is 19.7. The summed E-state index contributed by atoms with van der Waals surface area (Å²) in [5.41, 5.74) is 2.14. The van der Waals surface area contributed by atoms with Crippen LogP contribution in [0.15, 0.2) is 78.4 Å². The second-order valence-corrected chi connectivity index (χ2v) is 10.0. The Labute approximate surface area is 234 Å². The van der Waals surface area contributed by atoms with Gasteiger partial charge in [0.05, 0.1) is 24.3 Å². The molecule has 3 aromatic rings. The van der Waals surface area contributed by atoms with Crippen molar-refractivity contribution in [2.75, 3.05) is 7.11 Å². The van der Waals surface area contributed by atoms with Gasteiger partial charge in [0.2, 0.25) is 0 Å². The molecule has 2 atom stereocenters. The summed E-state index contributed by atoms with van der Waals surface area (Å²) in [5, 5.41) is 2.77. The van der Waals surface area contributed by atoms with E-state index >= 15 is 0 Å². The van der Waals surface area contributed by atoms with Crippen LogP contribution in [0.5, 0.6) is 5.75 Å². The van der Waals surface area contributed by atoms with Crippen molar-refractivity contribution in [1.82, 2.24) is 10.2 Å². The van der Waals surface area contributed by atoms with Crippen LogP contribution in [0, 0.1) is 5.82 Å². The maximum absolute atomic E-state index is 14.3. The van der Waals surface area contributed by atoms with Crippen LogP contribution in [0.4, 0.5) is 22.4 Å². The first kappa shape index (κ1) is 28.2. The van der Waals surface area contributed by atoms with E-state index in [1.165, 1.54) is 31.4 Å². The Bertz CT molecular complexity index is 1460. The molecule has 6 nitrogen and oxygen atoms in total. The van der Waals surface area contributed by atoms with E-state index in [4.69, 9.17) is 9.47 Å². The van der Waals surface area contributed by atoms with Gasteiger partial charge in [-0.05, 0) is 60.2 Å². The molecule has 0 radical (unpaired) electrons. The Morgan fingerprint density at radius 3 is 2.39 bits per heavy atom. The lowest BCUT2D eigenvalue weighted by atomic mass is 9.88. The molecule has 41 heavy (non-hydrogen) atoms.